The molecule has 2 rings (SSSR count). The second-order valence-electron chi connectivity index (χ2n) is 3.37. The first-order chi connectivity index (χ1) is 7.74. The molecule has 16 heavy (non-hydrogen) atoms. The summed E-state index contributed by atoms with van der Waals surface area (Å²) in [5, 5.41) is 7.88. The first kappa shape index (κ1) is 10.5. The highest BCUT2D eigenvalue weighted by molar-refractivity contribution is 5.60. The number of aryl methyl sites for hydroxylation is 1. The predicted octanol–water partition coefficient (Wildman–Crippen LogP) is 1.50. The van der Waals surface area contributed by atoms with Gasteiger partial charge in [-0.1, -0.05) is 0 Å². The summed E-state index contributed by atoms with van der Waals surface area (Å²) in [6.07, 6.45) is 1.65. The number of aromatic nitrogens is 3. The summed E-state index contributed by atoms with van der Waals surface area (Å²) < 4.78 is 12.2. The molecule has 0 N–H and O–H groups in total. The van der Waals surface area contributed by atoms with Gasteiger partial charge >= 0.3 is 0 Å². The first-order valence-corrected chi connectivity index (χ1v) is 4.82. The second-order valence-corrected chi connectivity index (χ2v) is 3.37. The molecule has 0 amide bonds. The van der Waals surface area contributed by atoms with E-state index in [2.05, 4.69) is 10.2 Å². The largest absolute Gasteiger partial charge is 0.497 e. The Balaban J connectivity index is 2.52. The lowest BCUT2D eigenvalue weighted by molar-refractivity contribution is 0.394. The fourth-order valence-electron chi connectivity index (χ4n) is 1.48. The van der Waals surface area contributed by atoms with Crippen LogP contribution in [0.25, 0.3) is 11.4 Å². The van der Waals surface area contributed by atoms with Gasteiger partial charge in [0.05, 0.1) is 14.2 Å². The van der Waals surface area contributed by atoms with Crippen LogP contribution in [-0.4, -0.2) is 29.0 Å². The fraction of sp³-hybridized carbons (Fsp3) is 0.273. The maximum Gasteiger partial charge on any atom is 0.163 e. The van der Waals surface area contributed by atoms with Gasteiger partial charge in [0.2, 0.25) is 0 Å². The van der Waals surface area contributed by atoms with Crippen LogP contribution in [0, 0.1) is 0 Å². The number of hydrogen-bond donors (Lipinski definition) is 0. The minimum absolute atomic E-state index is 0.734. The molecule has 0 aliphatic rings. The Bertz CT molecular complexity index is 471. The zero-order valence-corrected chi connectivity index (χ0v) is 9.47. The van der Waals surface area contributed by atoms with Crippen molar-refractivity contribution in [1.29, 1.82) is 0 Å². The number of nitrogens with zero attached hydrogens (tertiary/aromatic N) is 3. The number of hydrogen-bond acceptors (Lipinski definition) is 4. The molecule has 2 aromatic rings. The summed E-state index contributed by atoms with van der Waals surface area (Å²) in [6.45, 7) is 0. The highest BCUT2D eigenvalue weighted by Crippen LogP contribution is 2.28. The van der Waals surface area contributed by atoms with Crippen molar-refractivity contribution in [2.75, 3.05) is 14.2 Å². The standard InChI is InChI=1S/C11H13N3O2/c1-14-7-12-13-11(14)8-4-9(15-2)6-10(5-8)16-3/h4-7H,1-3H3. The van der Waals surface area contributed by atoms with Gasteiger partial charge in [0.15, 0.2) is 5.82 Å². The summed E-state index contributed by atoms with van der Waals surface area (Å²) in [5.41, 5.74) is 0.913. The van der Waals surface area contributed by atoms with Crippen LogP contribution in [0.2, 0.25) is 0 Å². The minimum Gasteiger partial charge on any atom is -0.497 e. The molecule has 0 aliphatic carbocycles. The lowest BCUT2D eigenvalue weighted by atomic mass is 10.2. The molecule has 0 unspecified atom stereocenters. The van der Waals surface area contributed by atoms with E-state index in [0.717, 1.165) is 22.9 Å². The summed E-state index contributed by atoms with van der Waals surface area (Å²) in [7, 11) is 5.13. The zero-order chi connectivity index (χ0) is 11.5. The van der Waals surface area contributed by atoms with Crippen LogP contribution in [0.5, 0.6) is 11.5 Å². The lowest BCUT2D eigenvalue weighted by Crippen LogP contribution is -1.94. The van der Waals surface area contributed by atoms with E-state index in [-0.39, 0.29) is 0 Å². The third-order valence-corrected chi connectivity index (χ3v) is 2.32. The summed E-state index contributed by atoms with van der Waals surface area (Å²) >= 11 is 0. The van der Waals surface area contributed by atoms with Crippen molar-refractivity contribution in [3.8, 4) is 22.9 Å². The van der Waals surface area contributed by atoms with Gasteiger partial charge in [-0.15, -0.1) is 10.2 Å². The normalized spacial score (nSPS) is 10.2. The van der Waals surface area contributed by atoms with Gasteiger partial charge < -0.3 is 14.0 Å². The molecule has 1 aromatic carbocycles. The fourth-order valence-corrected chi connectivity index (χ4v) is 1.48. The predicted molar refractivity (Wildman–Crippen MR) is 59.5 cm³/mol. The molecule has 5 nitrogen and oxygen atoms in total. The second kappa shape index (κ2) is 4.22. The molecule has 0 atom stereocenters. The van der Waals surface area contributed by atoms with Gasteiger partial charge in [-0.2, -0.15) is 0 Å². The van der Waals surface area contributed by atoms with Crippen molar-refractivity contribution >= 4 is 0 Å². The van der Waals surface area contributed by atoms with Crippen molar-refractivity contribution in [3.63, 3.8) is 0 Å². The van der Waals surface area contributed by atoms with Crippen LogP contribution in [0.15, 0.2) is 24.5 Å². The van der Waals surface area contributed by atoms with Gasteiger partial charge in [0, 0.05) is 18.7 Å². The molecule has 84 valence electrons. The first-order valence-electron chi connectivity index (χ1n) is 4.82. The van der Waals surface area contributed by atoms with E-state index in [4.69, 9.17) is 9.47 Å². The van der Waals surface area contributed by atoms with Gasteiger partial charge in [0.1, 0.15) is 17.8 Å². The number of ether oxygens (including phenoxy) is 2. The quantitative estimate of drug-likeness (QED) is 0.785. The number of methoxy groups -OCH3 is 2. The molecule has 0 fully saturated rings. The van der Waals surface area contributed by atoms with E-state index < -0.39 is 0 Å². The van der Waals surface area contributed by atoms with Crippen molar-refractivity contribution in [2.24, 2.45) is 7.05 Å². The van der Waals surface area contributed by atoms with Crippen LogP contribution in [0.3, 0.4) is 0 Å². The SMILES string of the molecule is COc1cc(OC)cc(-c2nncn2C)c1. The average molecular weight is 219 g/mol. The van der Waals surface area contributed by atoms with E-state index in [1.54, 1.807) is 20.5 Å². The molecule has 1 heterocycles. The Hall–Kier alpha value is -2.04. The monoisotopic (exact) mass is 219 g/mol. The molecule has 1 aromatic heterocycles. The maximum absolute atomic E-state index is 5.20. The van der Waals surface area contributed by atoms with Gasteiger partial charge in [-0.3, -0.25) is 0 Å². The van der Waals surface area contributed by atoms with Crippen molar-refractivity contribution in [3.05, 3.63) is 24.5 Å². The average Bonchev–Trinajstić information content (AvgIpc) is 2.74. The third kappa shape index (κ3) is 1.84. The molecule has 0 spiro atoms. The Morgan fingerprint density at radius 3 is 2.12 bits per heavy atom. The molecule has 0 saturated carbocycles. The molecule has 0 bridgehead atoms. The van der Waals surface area contributed by atoms with Gasteiger partial charge in [-0.25, -0.2) is 0 Å². The Labute approximate surface area is 93.6 Å². The van der Waals surface area contributed by atoms with Crippen LogP contribution in [0.1, 0.15) is 0 Å². The summed E-state index contributed by atoms with van der Waals surface area (Å²) in [4.78, 5) is 0. The van der Waals surface area contributed by atoms with Crippen molar-refractivity contribution in [1.82, 2.24) is 14.8 Å². The smallest absolute Gasteiger partial charge is 0.163 e. The van der Waals surface area contributed by atoms with Crippen LogP contribution in [-0.2, 0) is 7.05 Å². The van der Waals surface area contributed by atoms with E-state index in [0.29, 0.717) is 0 Å². The van der Waals surface area contributed by atoms with Crippen LogP contribution < -0.4 is 9.47 Å². The Morgan fingerprint density at radius 1 is 1.06 bits per heavy atom. The molecule has 5 heteroatoms. The Morgan fingerprint density at radius 2 is 1.69 bits per heavy atom. The van der Waals surface area contributed by atoms with Crippen LogP contribution >= 0.6 is 0 Å². The van der Waals surface area contributed by atoms with Crippen molar-refractivity contribution < 1.29 is 9.47 Å². The highest BCUT2D eigenvalue weighted by atomic mass is 16.5. The Kier molecular flexibility index (Phi) is 2.76. The van der Waals surface area contributed by atoms with Gasteiger partial charge in [-0.05, 0) is 12.1 Å². The molecule has 0 saturated heterocycles. The van der Waals surface area contributed by atoms with Gasteiger partial charge in [0.25, 0.3) is 0 Å². The van der Waals surface area contributed by atoms with E-state index in [9.17, 15) is 0 Å². The number of rotatable bonds is 3. The molecule has 0 radical (unpaired) electrons. The lowest BCUT2D eigenvalue weighted by Gasteiger charge is -2.07. The van der Waals surface area contributed by atoms with Crippen molar-refractivity contribution in [2.45, 2.75) is 0 Å². The van der Waals surface area contributed by atoms with E-state index in [1.165, 1.54) is 0 Å². The summed E-state index contributed by atoms with van der Waals surface area (Å²) in [5.74, 6) is 2.24. The number of benzene rings is 1. The third-order valence-electron chi connectivity index (χ3n) is 2.32. The van der Waals surface area contributed by atoms with E-state index in [1.807, 2.05) is 29.8 Å². The topological polar surface area (TPSA) is 49.2 Å². The summed E-state index contributed by atoms with van der Waals surface area (Å²) in [6, 6.07) is 5.61. The molecular weight excluding hydrogens is 206 g/mol. The minimum atomic E-state index is 0.734. The zero-order valence-electron chi connectivity index (χ0n) is 9.47. The molecule has 0 aliphatic heterocycles. The maximum atomic E-state index is 5.20. The van der Waals surface area contributed by atoms with E-state index >= 15 is 0 Å². The highest BCUT2D eigenvalue weighted by Gasteiger charge is 2.08. The molecular formula is C11H13N3O2. The van der Waals surface area contributed by atoms with Crippen LogP contribution in [0.4, 0.5) is 0 Å².